The molecule has 1 aliphatic heterocycles. The van der Waals surface area contributed by atoms with E-state index >= 15 is 0 Å². The molecular weight excluding hydrogens is 358 g/mol. The minimum Gasteiger partial charge on any atom is -0.388 e. The third-order valence-electron chi connectivity index (χ3n) is 4.29. The number of carbonyl (C=O) groups excluding carboxylic acids is 1. The number of aliphatic hydroxyl groups is 1. The quantitative estimate of drug-likeness (QED) is 0.799. The number of ether oxygens (including phenoxy) is 1. The first-order valence-electron chi connectivity index (χ1n) is 8.58. The van der Waals surface area contributed by atoms with E-state index in [0.717, 1.165) is 25.2 Å². The van der Waals surface area contributed by atoms with Gasteiger partial charge in [0, 0.05) is 36.8 Å². The van der Waals surface area contributed by atoms with Crippen molar-refractivity contribution in [2.45, 2.75) is 13.0 Å². The van der Waals surface area contributed by atoms with E-state index in [0.29, 0.717) is 36.0 Å². The molecule has 1 fully saturated rings. The zero-order chi connectivity index (χ0) is 18.5. The molecule has 1 atom stereocenters. The van der Waals surface area contributed by atoms with Crippen molar-refractivity contribution in [3.8, 4) is 11.3 Å². The molecule has 0 unspecified atom stereocenters. The van der Waals surface area contributed by atoms with Crippen LogP contribution in [0.5, 0.6) is 0 Å². The van der Waals surface area contributed by atoms with E-state index in [-0.39, 0.29) is 11.7 Å². The summed E-state index contributed by atoms with van der Waals surface area (Å²) in [6.45, 7) is 5.94. The first-order chi connectivity index (χ1) is 12.6. The second-order valence-electron chi connectivity index (χ2n) is 6.17. The van der Waals surface area contributed by atoms with Crippen molar-refractivity contribution in [3.05, 3.63) is 40.6 Å². The fourth-order valence-electron chi connectivity index (χ4n) is 2.90. The van der Waals surface area contributed by atoms with Gasteiger partial charge >= 0.3 is 0 Å². The topological polar surface area (TPSA) is 87.8 Å². The van der Waals surface area contributed by atoms with Gasteiger partial charge < -0.3 is 19.7 Å². The van der Waals surface area contributed by atoms with Crippen LogP contribution in [0, 0.1) is 0 Å². The number of morpholine rings is 1. The summed E-state index contributed by atoms with van der Waals surface area (Å²) >= 11 is 5.91. The maximum absolute atomic E-state index is 12.5. The van der Waals surface area contributed by atoms with Crippen LogP contribution in [-0.2, 0) is 4.74 Å². The highest BCUT2D eigenvalue weighted by Gasteiger charge is 2.26. The number of nitrogens with zero attached hydrogens (tertiary/aromatic N) is 2. The van der Waals surface area contributed by atoms with Gasteiger partial charge in [0.15, 0.2) is 0 Å². The second-order valence-corrected chi connectivity index (χ2v) is 6.60. The molecule has 8 heteroatoms. The molecule has 0 spiro atoms. The van der Waals surface area contributed by atoms with Crippen LogP contribution in [0.2, 0.25) is 5.02 Å². The normalized spacial score (nSPS) is 16.4. The molecule has 2 aromatic rings. The molecule has 1 aromatic carbocycles. The third-order valence-corrected chi connectivity index (χ3v) is 4.54. The summed E-state index contributed by atoms with van der Waals surface area (Å²) in [6.07, 6.45) is -0.896. The van der Waals surface area contributed by atoms with Crippen molar-refractivity contribution in [2.75, 3.05) is 39.4 Å². The summed E-state index contributed by atoms with van der Waals surface area (Å²) in [7, 11) is 0. The van der Waals surface area contributed by atoms with Gasteiger partial charge in [0.05, 0.1) is 24.9 Å². The molecule has 0 saturated carbocycles. The predicted octanol–water partition coefficient (Wildman–Crippen LogP) is 2.11. The van der Waals surface area contributed by atoms with Gasteiger partial charge in [-0.1, -0.05) is 28.9 Å². The van der Waals surface area contributed by atoms with Gasteiger partial charge in [-0.2, -0.15) is 0 Å². The number of rotatable bonds is 6. The first-order valence-corrected chi connectivity index (χ1v) is 8.96. The third kappa shape index (κ3) is 4.42. The van der Waals surface area contributed by atoms with Gasteiger partial charge in [-0.15, -0.1) is 0 Å². The number of amides is 1. The van der Waals surface area contributed by atoms with Crippen LogP contribution in [0.15, 0.2) is 28.8 Å². The molecule has 1 saturated heterocycles. The van der Waals surface area contributed by atoms with E-state index in [1.165, 1.54) is 0 Å². The highest BCUT2D eigenvalue weighted by molar-refractivity contribution is 6.30. The molecule has 2 heterocycles. The summed E-state index contributed by atoms with van der Waals surface area (Å²) in [6, 6.07) is 6.98. The van der Waals surface area contributed by atoms with Crippen LogP contribution in [0.3, 0.4) is 0 Å². The van der Waals surface area contributed by atoms with Crippen LogP contribution in [-0.4, -0.2) is 60.5 Å². The molecule has 0 bridgehead atoms. The Kier molecular flexibility index (Phi) is 6.26. The van der Waals surface area contributed by atoms with E-state index < -0.39 is 6.10 Å². The Labute approximate surface area is 156 Å². The smallest absolute Gasteiger partial charge is 0.290 e. The van der Waals surface area contributed by atoms with Crippen molar-refractivity contribution in [3.63, 3.8) is 0 Å². The number of hydrogen-bond donors (Lipinski definition) is 2. The largest absolute Gasteiger partial charge is 0.388 e. The Morgan fingerprint density at radius 2 is 2.04 bits per heavy atom. The molecule has 1 aromatic heterocycles. The van der Waals surface area contributed by atoms with Crippen LogP contribution >= 0.6 is 11.6 Å². The molecule has 1 amide bonds. The number of benzene rings is 1. The number of nitrogens with one attached hydrogen (secondary N) is 1. The lowest BCUT2D eigenvalue weighted by Crippen LogP contribution is -2.41. The van der Waals surface area contributed by atoms with Gasteiger partial charge in [0.2, 0.25) is 5.76 Å². The fraction of sp³-hybridized carbons (Fsp3) is 0.444. The van der Waals surface area contributed by atoms with Crippen molar-refractivity contribution >= 4 is 17.5 Å². The minimum absolute atomic E-state index is 0.0342. The second kappa shape index (κ2) is 8.64. The van der Waals surface area contributed by atoms with E-state index in [9.17, 15) is 9.90 Å². The zero-order valence-electron chi connectivity index (χ0n) is 14.6. The Morgan fingerprint density at radius 3 is 2.69 bits per heavy atom. The van der Waals surface area contributed by atoms with E-state index in [1.54, 1.807) is 31.2 Å². The lowest BCUT2D eigenvalue weighted by atomic mass is 10.0. The van der Waals surface area contributed by atoms with E-state index in [1.807, 2.05) is 0 Å². The van der Waals surface area contributed by atoms with E-state index in [2.05, 4.69) is 15.4 Å². The van der Waals surface area contributed by atoms with Crippen LogP contribution < -0.4 is 5.32 Å². The Bertz CT molecular complexity index is 739. The average molecular weight is 380 g/mol. The molecule has 2 N–H and O–H groups in total. The number of aliphatic hydroxyl groups excluding tert-OH is 1. The van der Waals surface area contributed by atoms with Crippen molar-refractivity contribution in [1.82, 2.24) is 15.4 Å². The lowest BCUT2D eigenvalue weighted by Gasteiger charge is -2.26. The van der Waals surface area contributed by atoms with Crippen LogP contribution in [0.25, 0.3) is 11.3 Å². The SMILES string of the molecule is C[C@H](O)c1c(-c2ccc(Cl)cc2)noc1C(=O)NCCN1CCOCC1. The number of hydrogen-bond acceptors (Lipinski definition) is 6. The lowest BCUT2D eigenvalue weighted by molar-refractivity contribution is 0.0382. The average Bonchev–Trinajstić information content (AvgIpc) is 3.08. The summed E-state index contributed by atoms with van der Waals surface area (Å²) in [5.74, 6) is -0.353. The van der Waals surface area contributed by atoms with Crippen molar-refractivity contribution in [2.24, 2.45) is 0 Å². The summed E-state index contributed by atoms with van der Waals surface area (Å²) < 4.78 is 10.6. The Hall–Kier alpha value is -1.93. The molecule has 140 valence electrons. The van der Waals surface area contributed by atoms with Crippen molar-refractivity contribution in [1.29, 1.82) is 0 Å². The summed E-state index contributed by atoms with van der Waals surface area (Å²) in [5, 5.41) is 17.6. The minimum atomic E-state index is -0.896. The number of halogens is 1. The fourth-order valence-corrected chi connectivity index (χ4v) is 3.02. The Balaban J connectivity index is 1.70. The van der Waals surface area contributed by atoms with Gasteiger partial charge in [-0.3, -0.25) is 9.69 Å². The maximum Gasteiger partial charge on any atom is 0.290 e. The maximum atomic E-state index is 12.5. The van der Waals surface area contributed by atoms with E-state index in [4.69, 9.17) is 20.9 Å². The highest BCUT2D eigenvalue weighted by Crippen LogP contribution is 2.31. The van der Waals surface area contributed by atoms with Crippen molar-refractivity contribution < 1.29 is 19.2 Å². The van der Waals surface area contributed by atoms with Gasteiger partial charge in [0.25, 0.3) is 5.91 Å². The molecule has 0 aliphatic carbocycles. The predicted molar refractivity (Wildman–Crippen MR) is 97.2 cm³/mol. The molecular formula is C18H22ClN3O4. The number of carbonyl (C=O) groups is 1. The molecule has 1 aliphatic rings. The number of aromatic nitrogens is 1. The first kappa shape index (κ1) is 18.8. The summed E-state index contributed by atoms with van der Waals surface area (Å²) in [4.78, 5) is 14.7. The summed E-state index contributed by atoms with van der Waals surface area (Å²) in [5.41, 5.74) is 1.53. The monoisotopic (exact) mass is 379 g/mol. The molecule has 0 radical (unpaired) electrons. The van der Waals surface area contributed by atoms with Crippen LogP contribution in [0.4, 0.5) is 0 Å². The Morgan fingerprint density at radius 1 is 1.35 bits per heavy atom. The van der Waals surface area contributed by atoms with Crippen LogP contribution in [0.1, 0.15) is 29.1 Å². The standard InChI is InChI=1S/C18H22ClN3O4/c1-12(23)15-16(13-2-4-14(19)5-3-13)21-26-17(15)18(24)20-6-7-22-8-10-25-11-9-22/h2-5,12,23H,6-11H2,1H3,(H,20,24)/t12-/m0/s1. The molecule has 7 nitrogen and oxygen atoms in total. The molecule has 3 rings (SSSR count). The molecule has 26 heavy (non-hydrogen) atoms. The van der Waals surface area contributed by atoms with Gasteiger partial charge in [0.1, 0.15) is 5.69 Å². The van der Waals surface area contributed by atoms with Gasteiger partial charge in [-0.05, 0) is 19.1 Å². The highest BCUT2D eigenvalue weighted by atomic mass is 35.5. The zero-order valence-corrected chi connectivity index (χ0v) is 15.3. The van der Waals surface area contributed by atoms with Gasteiger partial charge in [-0.25, -0.2) is 0 Å².